The average Bonchev–Trinajstić information content (AvgIpc) is 3.96. The zero-order valence-corrected chi connectivity index (χ0v) is 31.0. The van der Waals surface area contributed by atoms with Crippen LogP contribution in [-0.2, 0) is 17.9 Å². The van der Waals surface area contributed by atoms with E-state index in [9.17, 15) is 24.3 Å². The lowest BCUT2D eigenvalue weighted by molar-refractivity contribution is -0.430. The Morgan fingerprint density at radius 2 is 1.74 bits per heavy atom. The molecule has 0 unspecified atom stereocenters. The van der Waals surface area contributed by atoms with Crippen LogP contribution < -0.4 is 15.0 Å². The van der Waals surface area contributed by atoms with Gasteiger partial charge in [-0.15, -0.1) is 0 Å². The number of anilines is 2. The van der Waals surface area contributed by atoms with Crippen LogP contribution in [0.5, 0.6) is 5.75 Å². The van der Waals surface area contributed by atoms with Crippen molar-refractivity contribution < 1.29 is 33.6 Å². The number of aromatic nitrogens is 6. The third-order valence-electron chi connectivity index (χ3n) is 11.0. The van der Waals surface area contributed by atoms with E-state index < -0.39 is 5.91 Å². The number of benzene rings is 3. The first-order valence-electron chi connectivity index (χ1n) is 18.8. The molecule has 7 heterocycles. The number of β-amino-alcohol motifs (C(OH)–C–C–N with tert-alkyl or cyclic N) is 1. The summed E-state index contributed by atoms with van der Waals surface area (Å²) in [5.41, 5.74) is 6.62. The maximum Gasteiger partial charge on any atom is 0.436 e. The molecular formula is C42H35N10O6+. The molecule has 58 heavy (non-hydrogen) atoms. The summed E-state index contributed by atoms with van der Waals surface area (Å²) >= 11 is 0. The number of fused-ring (bicyclic) bond motifs is 8. The molecule has 3 aliphatic heterocycles. The molecule has 0 bridgehead atoms. The van der Waals surface area contributed by atoms with Gasteiger partial charge in [-0.25, -0.2) is 19.7 Å². The van der Waals surface area contributed by atoms with E-state index in [1.165, 1.54) is 17.1 Å². The van der Waals surface area contributed by atoms with Crippen molar-refractivity contribution in [3.8, 4) is 17.1 Å². The van der Waals surface area contributed by atoms with Crippen molar-refractivity contribution in [1.82, 2.24) is 34.0 Å². The molecular weight excluding hydrogens is 741 g/mol. The zero-order chi connectivity index (χ0) is 39.7. The van der Waals surface area contributed by atoms with E-state index in [1.807, 2.05) is 45.5 Å². The Labute approximate surface area is 329 Å². The molecule has 7 aromatic rings. The first kappa shape index (κ1) is 35.0. The molecule has 3 aromatic carbocycles. The number of rotatable bonds is 7. The van der Waals surface area contributed by atoms with Gasteiger partial charge in [0.2, 0.25) is 6.21 Å². The number of aliphatic hydroxyl groups excluding tert-OH is 1. The fraction of sp³-hybridized carbons (Fsp3) is 0.190. The maximum absolute atomic E-state index is 13.9. The molecule has 0 aliphatic carbocycles. The highest BCUT2D eigenvalue weighted by Crippen LogP contribution is 2.35. The van der Waals surface area contributed by atoms with Crippen molar-refractivity contribution in [1.29, 1.82) is 0 Å². The van der Waals surface area contributed by atoms with Crippen LogP contribution in [0, 0.1) is 0 Å². The Kier molecular flexibility index (Phi) is 8.22. The summed E-state index contributed by atoms with van der Waals surface area (Å²) in [6.45, 7) is 6.25. The highest BCUT2D eigenvalue weighted by Gasteiger charge is 2.34. The largest absolute Gasteiger partial charge is 0.490 e. The van der Waals surface area contributed by atoms with Gasteiger partial charge in [0.25, 0.3) is 11.8 Å². The van der Waals surface area contributed by atoms with Crippen molar-refractivity contribution >= 4 is 80.3 Å². The van der Waals surface area contributed by atoms with Gasteiger partial charge in [-0.1, -0.05) is 24.8 Å². The predicted octanol–water partition coefficient (Wildman–Crippen LogP) is 3.94. The summed E-state index contributed by atoms with van der Waals surface area (Å²) in [5, 5.41) is 14.0. The fourth-order valence-corrected chi connectivity index (χ4v) is 8.09. The van der Waals surface area contributed by atoms with Gasteiger partial charge in [0.1, 0.15) is 35.7 Å². The molecule has 10 rings (SSSR count). The Balaban J connectivity index is 0.878. The van der Waals surface area contributed by atoms with Crippen LogP contribution in [0.25, 0.3) is 50.4 Å². The Bertz CT molecular complexity index is 2960. The van der Waals surface area contributed by atoms with Crippen molar-refractivity contribution in [3.63, 3.8) is 0 Å². The topological polar surface area (TPSA) is 184 Å². The quantitative estimate of drug-likeness (QED) is 0.202. The Morgan fingerprint density at radius 3 is 2.59 bits per heavy atom. The van der Waals surface area contributed by atoms with Crippen LogP contribution in [0.3, 0.4) is 0 Å². The molecule has 0 spiro atoms. The highest BCUT2D eigenvalue weighted by molar-refractivity contribution is 6.32. The van der Waals surface area contributed by atoms with E-state index >= 15 is 0 Å². The highest BCUT2D eigenvalue weighted by atomic mass is 16.5. The first-order chi connectivity index (χ1) is 28.3. The molecule has 0 radical (unpaired) electrons. The van der Waals surface area contributed by atoms with Crippen LogP contribution in [0.4, 0.5) is 11.4 Å². The van der Waals surface area contributed by atoms with E-state index in [0.29, 0.717) is 76.4 Å². The van der Waals surface area contributed by atoms with E-state index in [1.54, 1.807) is 46.2 Å². The summed E-state index contributed by atoms with van der Waals surface area (Å²) in [5.74, 6) is -0.111. The van der Waals surface area contributed by atoms with Crippen molar-refractivity contribution in [3.05, 3.63) is 102 Å². The molecule has 4 amide bonds. The first-order valence-corrected chi connectivity index (χ1v) is 18.8. The monoisotopic (exact) mass is 775 g/mol. The van der Waals surface area contributed by atoms with Gasteiger partial charge in [-0.3, -0.25) is 19.3 Å². The van der Waals surface area contributed by atoms with Crippen LogP contribution in [0.15, 0.2) is 79.6 Å². The number of nitrogens with one attached hydrogen (secondary N) is 2. The molecule has 0 atom stereocenters. The Hall–Kier alpha value is -7.46. The SMILES string of the molecule is C=Cc1ncnc2[nH]c(-c3ccc4cc5n(c4c3)CC[N+](=CC(=O)N3CCOc4ccc(NC(=O)c6ccc7cc8n(c7c6)CCN(CCO)C8=O)cc43)C5=O)nc12. The van der Waals surface area contributed by atoms with E-state index in [0.717, 1.165) is 27.4 Å². The number of H-pyrrole nitrogens is 1. The molecule has 16 heteroatoms. The second-order valence-corrected chi connectivity index (χ2v) is 14.3. The molecule has 3 aliphatic rings. The fourth-order valence-electron chi connectivity index (χ4n) is 8.09. The van der Waals surface area contributed by atoms with E-state index in [-0.39, 0.29) is 50.6 Å². The van der Waals surface area contributed by atoms with Crippen LogP contribution in [0.2, 0.25) is 0 Å². The summed E-state index contributed by atoms with van der Waals surface area (Å²) in [7, 11) is 0. The summed E-state index contributed by atoms with van der Waals surface area (Å²) in [6, 6.07) is 19.9. The minimum Gasteiger partial charge on any atom is -0.490 e. The van der Waals surface area contributed by atoms with Crippen LogP contribution in [-0.4, -0.2) is 113 Å². The van der Waals surface area contributed by atoms with E-state index in [4.69, 9.17) is 9.72 Å². The molecule has 16 nitrogen and oxygen atoms in total. The molecule has 0 fully saturated rings. The zero-order valence-electron chi connectivity index (χ0n) is 31.0. The average molecular weight is 776 g/mol. The second-order valence-electron chi connectivity index (χ2n) is 14.3. The second kappa shape index (κ2) is 13.6. The van der Waals surface area contributed by atoms with Crippen molar-refractivity contribution in [2.75, 3.05) is 49.6 Å². The number of aromatic amines is 1. The van der Waals surface area contributed by atoms with Gasteiger partial charge in [0, 0.05) is 58.3 Å². The summed E-state index contributed by atoms with van der Waals surface area (Å²) in [4.78, 5) is 73.9. The van der Waals surface area contributed by atoms with Crippen LogP contribution in [0.1, 0.15) is 37.0 Å². The Morgan fingerprint density at radius 1 is 0.931 bits per heavy atom. The number of carbonyl (C=O) groups is 4. The van der Waals surface area contributed by atoms with Gasteiger partial charge >= 0.3 is 11.8 Å². The smallest absolute Gasteiger partial charge is 0.436 e. The number of amides is 4. The standard InChI is InChI=1S/C42H34N10O6/c1-2-29-37-39(44-23-43-29)47-38(46-37)26-5-3-24-18-34-42(57)49(10-12-51(34)30(24)19-26)22-36(54)52-14-16-58-35-8-7-28(21-32(35)52)45-40(55)27-6-4-25-17-33-41(56)48(13-15-53)9-11-50(33)31(25)20-27/h2-8,17-23,53H,1,9-16H2,(H-,43,44,45,46,47,55,57)/p+1. The number of hydrogen-bond donors (Lipinski definition) is 3. The molecule has 3 N–H and O–H groups in total. The van der Waals surface area contributed by atoms with Crippen LogP contribution >= 0.6 is 0 Å². The third kappa shape index (κ3) is 5.72. The van der Waals surface area contributed by atoms with Gasteiger partial charge in [0.05, 0.1) is 31.1 Å². The van der Waals surface area contributed by atoms with Crippen molar-refractivity contribution in [2.24, 2.45) is 0 Å². The maximum atomic E-state index is 13.9. The third-order valence-corrected chi connectivity index (χ3v) is 11.0. The number of hydrogen-bond acceptors (Lipinski definition) is 9. The number of nitrogens with zero attached hydrogens (tertiary/aromatic N) is 8. The number of ether oxygens (including phenoxy) is 1. The number of imidazole rings is 1. The van der Waals surface area contributed by atoms with Crippen molar-refractivity contribution in [2.45, 2.75) is 13.1 Å². The van der Waals surface area contributed by atoms with Gasteiger partial charge in [0.15, 0.2) is 17.9 Å². The summed E-state index contributed by atoms with van der Waals surface area (Å²) < 4.78 is 11.2. The van der Waals surface area contributed by atoms with E-state index in [2.05, 4.69) is 26.8 Å². The van der Waals surface area contributed by atoms with Gasteiger partial charge in [-0.2, -0.15) is 4.58 Å². The number of carbonyl (C=O) groups excluding carboxylic acids is 4. The van der Waals surface area contributed by atoms with Gasteiger partial charge in [-0.05, 0) is 54.6 Å². The normalized spacial score (nSPS) is 15.8. The lowest BCUT2D eigenvalue weighted by Gasteiger charge is -2.28. The molecule has 0 saturated heterocycles. The molecule has 4 aromatic heterocycles. The minimum atomic E-state index is -0.393. The minimum absolute atomic E-state index is 0.107. The number of aliphatic hydroxyl groups is 1. The predicted molar refractivity (Wildman–Crippen MR) is 215 cm³/mol. The summed E-state index contributed by atoms with van der Waals surface area (Å²) in [6.07, 6.45) is 4.43. The van der Waals surface area contributed by atoms with Gasteiger partial charge < -0.3 is 34.2 Å². The lowest BCUT2D eigenvalue weighted by atomic mass is 10.1. The molecule has 0 saturated carbocycles. The lowest BCUT2D eigenvalue weighted by Crippen LogP contribution is -2.42. The molecule has 288 valence electrons.